The fourth-order valence-electron chi connectivity index (χ4n) is 3.30. The second kappa shape index (κ2) is 11.0. The van der Waals surface area contributed by atoms with Crippen LogP contribution in [-0.4, -0.2) is 35.6 Å². The molecule has 0 heterocycles. The van der Waals surface area contributed by atoms with E-state index >= 15 is 0 Å². The molecule has 0 aliphatic heterocycles. The van der Waals surface area contributed by atoms with E-state index < -0.39 is 22.8 Å². The van der Waals surface area contributed by atoms with Gasteiger partial charge >= 0.3 is 0 Å². The van der Waals surface area contributed by atoms with Crippen LogP contribution in [0.3, 0.4) is 0 Å². The number of nitrogens with zero attached hydrogens (tertiary/aromatic N) is 2. The van der Waals surface area contributed by atoms with Gasteiger partial charge in [0.05, 0.1) is 11.1 Å². The summed E-state index contributed by atoms with van der Waals surface area (Å²) in [5.41, 5.74) is 3.34. The highest BCUT2D eigenvalue weighted by Gasteiger charge is 2.24. The van der Waals surface area contributed by atoms with Crippen molar-refractivity contribution in [2.75, 3.05) is 6.61 Å². The van der Waals surface area contributed by atoms with E-state index in [1.807, 2.05) is 36.4 Å². The number of rotatable bonds is 9. The van der Waals surface area contributed by atoms with Gasteiger partial charge in [0.15, 0.2) is 6.61 Å². The number of ether oxygens (including phenoxy) is 1. The van der Waals surface area contributed by atoms with Crippen LogP contribution in [0.4, 0.5) is 5.69 Å². The first kappa shape index (κ1) is 24.4. The van der Waals surface area contributed by atoms with Crippen molar-refractivity contribution in [3.63, 3.8) is 0 Å². The van der Waals surface area contributed by atoms with Gasteiger partial charge in [-0.2, -0.15) is 5.10 Å². The van der Waals surface area contributed by atoms with E-state index in [1.54, 1.807) is 39.0 Å². The van der Waals surface area contributed by atoms with Gasteiger partial charge in [-0.05, 0) is 35.7 Å². The predicted octanol–water partition coefficient (Wildman–Crippen LogP) is 3.73. The average Bonchev–Trinajstić information content (AvgIpc) is 2.81. The van der Waals surface area contributed by atoms with Crippen molar-refractivity contribution < 1.29 is 19.2 Å². The number of aryl methyl sites for hydroxylation is 1. The van der Waals surface area contributed by atoms with Crippen LogP contribution < -0.4 is 15.5 Å². The molecule has 0 saturated carbocycles. The number of fused-ring (bicyclic) bond motifs is 1. The molecule has 3 aromatic carbocycles. The molecule has 0 spiro atoms. The van der Waals surface area contributed by atoms with Gasteiger partial charge in [-0.1, -0.05) is 56.3 Å². The molecule has 0 aliphatic carbocycles. The van der Waals surface area contributed by atoms with Gasteiger partial charge in [-0.3, -0.25) is 19.7 Å². The zero-order valence-corrected chi connectivity index (χ0v) is 19.1. The lowest BCUT2D eigenvalue weighted by Gasteiger charge is -2.20. The summed E-state index contributed by atoms with van der Waals surface area (Å²) in [4.78, 5) is 35.6. The summed E-state index contributed by atoms with van der Waals surface area (Å²) < 4.78 is 5.59. The summed E-state index contributed by atoms with van der Waals surface area (Å²) in [7, 11) is 0. The SMILES string of the molecule is Cc1ccc(/C=N\NC(=O)[C@@H](NC(=O)COc2ccc3ccccc3c2)C(C)C)cc1[N+](=O)[O-]. The van der Waals surface area contributed by atoms with Gasteiger partial charge in [0, 0.05) is 17.2 Å². The Bertz CT molecular complexity index is 1240. The molecule has 9 heteroatoms. The van der Waals surface area contributed by atoms with Crippen LogP contribution in [0.1, 0.15) is 25.0 Å². The summed E-state index contributed by atoms with van der Waals surface area (Å²) in [6.07, 6.45) is 1.31. The Morgan fingerprint density at radius 3 is 2.53 bits per heavy atom. The number of carbonyl (C=O) groups is 2. The number of hydrogen-bond donors (Lipinski definition) is 2. The predicted molar refractivity (Wildman–Crippen MR) is 130 cm³/mol. The number of nitro benzene ring substituents is 1. The minimum Gasteiger partial charge on any atom is -0.484 e. The third-order valence-corrected chi connectivity index (χ3v) is 5.17. The van der Waals surface area contributed by atoms with Crippen molar-refractivity contribution in [3.05, 3.63) is 81.9 Å². The molecule has 176 valence electrons. The highest BCUT2D eigenvalue weighted by molar-refractivity contribution is 5.89. The Hall–Kier alpha value is -4.27. The molecule has 0 radical (unpaired) electrons. The molecule has 0 saturated heterocycles. The van der Waals surface area contributed by atoms with Crippen LogP contribution in [0.15, 0.2) is 65.8 Å². The average molecular weight is 463 g/mol. The van der Waals surface area contributed by atoms with E-state index in [2.05, 4.69) is 15.8 Å². The molecular formula is C25H26N4O5. The maximum Gasteiger partial charge on any atom is 0.272 e. The van der Waals surface area contributed by atoms with Crippen molar-refractivity contribution in [1.82, 2.24) is 10.7 Å². The second-order valence-corrected chi connectivity index (χ2v) is 8.12. The number of nitro groups is 1. The minimum absolute atomic E-state index is 0.0333. The fourth-order valence-corrected chi connectivity index (χ4v) is 3.30. The summed E-state index contributed by atoms with van der Waals surface area (Å²) in [5, 5.41) is 19.7. The van der Waals surface area contributed by atoms with E-state index in [4.69, 9.17) is 4.74 Å². The van der Waals surface area contributed by atoms with E-state index in [0.717, 1.165) is 10.8 Å². The highest BCUT2D eigenvalue weighted by Crippen LogP contribution is 2.20. The van der Waals surface area contributed by atoms with E-state index in [0.29, 0.717) is 16.9 Å². The molecule has 0 bridgehead atoms. The van der Waals surface area contributed by atoms with Crippen LogP contribution in [0.5, 0.6) is 5.75 Å². The molecule has 2 amide bonds. The number of hydrazone groups is 1. The van der Waals surface area contributed by atoms with Crippen molar-refractivity contribution in [2.24, 2.45) is 11.0 Å². The van der Waals surface area contributed by atoms with E-state index in [9.17, 15) is 19.7 Å². The van der Waals surface area contributed by atoms with Gasteiger partial charge < -0.3 is 10.1 Å². The van der Waals surface area contributed by atoms with Crippen LogP contribution in [0.25, 0.3) is 10.8 Å². The molecular weight excluding hydrogens is 436 g/mol. The molecule has 2 N–H and O–H groups in total. The first-order valence-electron chi connectivity index (χ1n) is 10.7. The Balaban J connectivity index is 1.56. The van der Waals surface area contributed by atoms with E-state index in [-0.39, 0.29) is 18.2 Å². The Kier molecular flexibility index (Phi) is 7.92. The Labute approximate surface area is 197 Å². The molecule has 1 atom stereocenters. The Morgan fingerprint density at radius 1 is 1.09 bits per heavy atom. The van der Waals surface area contributed by atoms with Gasteiger partial charge in [-0.25, -0.2) is 5.43 Å². The summed E-state index contributed by atoms with van der Waals surface area (Å²) in [5.74, 6) is -0.608. The van der Waals surface area contributed by atoms with Crippen LogP contribution in [-0.2, 0) is 9.59 Å². The maximum atomic E-state index is 12.6. The zero-order chi connectivity index (χ0) is 24.7. The lowest BCUT2D eigenvalue weighted by molar-refractivity contribution is -0.385. The Morgan fingerprint density at radius 2 is 1.82 bits per heavy atom. The lowest BCUT2D eigenvalue weighted by atomic mass is 10.0. The number of hydrogen-bond acceptors (Lipinski definition) is 6. The largest absolute Gasteiger partial charge is 0.484 e. The molecule has 9 nitrogen and oxygen atoms in total. The molecule has 0 aliphatic rings. The molecule has 34 heavy (non-hydrogen) atoms. The number of benzene rings is 3. The zero-order valence-electron chi connectivity index (χ0n) is 19.1. The summed E-state index contributed by atoms with van der Waals surface area (Å²) in [6, 6.07) is 17.2. The highest BCUT2D eigenvalue weighted by atomic mass is 16.6. The van der Waals surface area contributed by atoms with Gasteiger partial charge in [0.25, 0.3) is 17.5 Å². The van der Waals surface area contributed by atoms with Gasteiger partial charge in [0.2, 0.25) is 0 Å². The van der Waals surface area contributed by atoms with Crippen molar-refractivity contribution in [2.45, 2.75) is 26.8 Å². The number of nitrogens with one attached hydrogen (secondary N) is 2. The summed E-state index contributed by atoms with van der Waals surface area (Å²) in [6.45, 7) is 4.98. The normalized spacial score (nSPS) is 12.0. The lowest BCUT2D eigenvalue weighted by Crippen LogP contribution is -2.49. The van der Waals surface area contributed by atoms with Crippen molar-refractivity contribution in [1.29, 1.82) is 0 Å². The quantitative estimate of drug-likeness (QED) is 0.285. The monoisotopic (exact) mass is 462 g/mol. The van der Waals surface area contributed by atoms with Crippen molar-refractivity contribution in [3.8, 4) is 5.75 Å². The van der Waals surface area contributed by atoms with E-state index in [1.165, 1.54) is 12.3 Å². The van der Waals surface area contributed by atoms with Crippen LogP contribution in [0, 0.1) is 23.0 Å². The molecule has 3 rings (SSSR count). The molecule has 0 aromatic heterocycles. The van der Waals surface area contributed by atoms with Crippen LogP contribution in [0.2, 0.25) is 0 Å². The number of carbonyl (C=O) groups excluding carboxylic acids is 2. The molecule has 0 fully saturated rings. The van der Waals surface area contributed by atoms with Crippen molar-refractivity contribution >= 4 is 34.5 Å². The second-order valence-electron chi connectivity index (χ2n) is 8.12. The number of amides is 2. The topological polar surface area (TPSA) is 123 Å². The first-order chi connectivity index (χ1) is 16.2. The molecule has 3 aromatic rings. The first-order valence-corrected chi connectivity index (χ1v) is 10.7. The third kappa shape index (κ3) is 6.38. The summed E-state index contributed by atoms with van der Waals surface area (Å²) >= 11 is 0. The maximum absolute atomic E-state index is 12.6. The third-order valence-electron chi connectivity index (χ3n) is 5.17. The molecule has 0 unspecified atom stereocenters. The van der Waals surface area contributed by atoms with Gasteiger partial charge in [0.1, 0.15) is 11.8 Å². The van der Waals surface area contributed by atoms with Crippen LogP contribution >= 0.6 is 0 Å². The van der Waals surface area contributed by atoms with Gasteiger partial charge in [-0.15, -0.1) is 0 Å². The fraction of sp³-hybridized carbons (Fsp3) is 0.240. The minimum atomic E-state index is -0.836. The smallest absolute Gasteiger partial charge is 0.272 e. The standard InChI is InChI=1S/C25H26N4O5/c1-16(2)24(25(31)28-26-14-18-9-8-17(3)22(12-18)29(32)33)27-23(30)15-34-21-11-10-19-6-4-5-7-20(19)13-21/h4-14,16,24H,15H2,1-3H3,(H,27,30)(H,28,31)/b26-14-/t24-/m0/s1.